The first-order chi connectivity index (χ1) is 47.9. The molecule has 0 saturated carbocycles. The fourth-order valence-electron chi connectivity index (χ4n) is 12.0. The molecule has 22 heteroatoms. The molecule has 1 unspecified atom stereocenters. The lowest BCUT2D eigenvalue weighted by Crippen LogP contribution is -2.52. The Morgan fingerprint density at radius 1 is 0.616 bits per heavy atom. The molecule has 19 nitrogen and oxygen atoms in total. The van der Waals surface area contributed by atoms with E-state index < -0.39 is 30.1 Å². The molecular weight excluding hydrogens is 1330 g/mol. The van der Waals surface area contributed by atoms with Crippen molar-refractivity contribution in [3.63, 3.8) is 0 Å². The largest absolute Gasteiger partial charge is 0.493 e. The zero-order valence-electron chi connectivity index (χ0n) is 57.2. The molecule has 2 saturated heterocycles. The van der Waals surface area contributed by atoms with E-state index in [1.807, 2.05) is 80.6 Å². The summed E-state index contributed by atoms with van der Waals surface area (Å²) in [6, 6.07) is 34.4. The van der Waals surface area contributed by atoms with Crippen LogP contribution in [0.15, 0.2) is 132 Å². The molecule has 2 aliphatic heterocycles. The van der Waals surface area contributed by atoms with Crippen LogP contribution < -0.4 is 33.7 Å². The maximum atomic E-state index is 14.6. The Labute approximate surface area is 594 Å². The number of carbonyl (C=O) groups is 6. The summed E-state index contributed by atoms with van der Waals surface area (Å²) in [4.78, 5) is 87.8. The van der Waals surface area contributed by atoms with Gasteiger partial charge < -0.3 is 62.5 Å². The summed E-state index contributed by atoms with van der Waals surface area (Å²) < 4.78 is 57.5. The monoisotopic (exact) mass is 1420 g/mol. The molecule has 0 spiro atoms. The number of halogens is 3. The van der Waals surface area contributed by atoms with E-state index in [1.54, 1.807) is 90.8 Å². The van der Waals surface area contributed by atoms with E-state index in [4.69, 9.17) is 82.2 Å². The molecule has 4 atom stereocenters. The van der Waals surface area contributed by atoms with Crippen molar-refractivity contribution < 1.29 is 76.1 Å². The number of rotatable bonds is 36. The number of nitrogens with one attached hydrogen (secondary N) is 1. The summed E-state index contributed by atoms with van der Waals surface area (Å²) in [7, 11) is 7.71. The molecule has 99 heavy (non-hydrogen) atoms. The van der Waals surface area contributed by atoms with E-state index in [9.17, 15) is 28.8 Å². The summed E-state index contributed by atoms with van der Waals surface area (Å²) >= 11 is 18.9. The molecule has 8 rings (SSSR count). The highest BCUT2D eigenvalue weighted by molar-refractivity contribution is 6.42. The second-order valence-electron chi connectivity index (χ2n) is 24.1. The van der Waals surface area contributed by atoms with Crippen molar-refractivity contribution in [3.05, 3.63) is 186 Å². The molecule has 0 radical (unpaired) electrons. The minimum atomic E-state index is -0.961. The zero-order chi connectivity index (χ0) is 70.8. The van der Waals surface area contributed by atoms with Crippen LogP contribution in [0.25, 0.3) is 12.2 Å². The number of nitrogens with zero attached hydrogens (tertiary/aromatic N) is 2. The minimum absolute atomic E-state index is 0.00836. The van der Waals surface area contributed by atoms with Crippen LogP contribution in [0.2, 0.25) is 15.1 Å². The standard InChI is InChI=1S/C77H88Cl3N3O16/c1-8-61(56-45-70(92-5)74(94-7)71(46-56)93-6)75(87)83-31-13-12-21-66(83)77(89)99-67(28-24-52-25-29-68(90-3)69(43-52)91-4)55-18-14-20-60(44-55)98-49-59(84)19-15-32-95-34-36-97-37-35-96-33-30-72(85)81-65(42-51-16-10-9-11-17-51)76(88)82-47-57(39-53-22-26-62(78)50(2)38-53)73(86)58(48-82)40-54-23-27-63(79)64(80)41-54/h9-11,14,16-18,20,22-23,25-27,29,38-41,43-46,61,65-67H,8,12-13,15,19,21,24,28,30-37,42,47-49H2,1-7H3,(H,81,85)/b57-39+,58-40+/t61-,65-,66-,67?/m0/s1. The van der Waals surface area contributed by atoms with Crippen LogP contribution in [0.1, 0.15) is 109 Å². The lowest BCUT2D eigenvalue weighted by Gasteiger charge is -2.37. The Kier molecular flexibility index (Phi) is 29.9. The number of methoxy groups -OCH3 is 5. The van der Waals surface area contributed by atoms with Gasteiger partial charge >= 0.3 is 5.97 Å². The van der Waals surface area contributed by atoms with Crippen molar-refractivity contribution in [1.82, 2.24) is 15.1 Å². The predicted molar refractivity (Wildman–Crippen MR) is 381 cm³/mol. The van der Waals surface area contributed by atoms with Crippen molar-refractivity contribution in [1.29, 1.82) is 0 Å². The van der Waals surface area contributed by atoms with Gasteiger partial charge in [-0.15, -0.1) is 0 Å². The zero-order valence-corrected chi connectivity index (χ0v) is 59.5. The van der Waals surface area contributed by atoms with Gasteiger partial charge in [-0.1, -0.05) is 108 Å². The van der Waals surface area contributed by atoms with Crippen molar-refractivity contribution in [2.24, 2.45) is 0 Å². The molecule has 3 amide bonds. The molecule has 2 aliphatic rings. The summed E-state index contributed by atoms with van der Waals surface area (Å²) in [6.07, 6.45) is 6.78. The molecule has 2 heterocycles. The van der Waals surface area contributed by atoms with Crippen LogP contribution in [0, 0.1) is 6.92 Å². The molecule has 1 N–H and O–H groups in total. The Balaban J connectivity index is 0.780. The second-order valence-corrected chi connectivity index (χ2v) is 25.3. The summed E-state index contributed by atoms with van der Waals surface area (Å²) in [5.74, 6) is 0.407. The Morgan fingerprint density at radius 2 is 1.27 bits per heavy atom. The number of hydrogen-bond acceptors (Lipinski definition) is 16. The van der Waals surface area contributed by atoms with Crippen LogP contribution >= 0.6 is 34.8 Å². The van der Waals surface area contributed by atoms with E-state index in [2.05, 4.69) is 5.32 Å². The van der Waals surface area contributed by atoms with Crippen molar-refractivity contribution in [3.8, 4) is 34.5 Å². The molecule has 528 valence electrons. The number of aryl methyl sites for hydroxylation is 2. The van der Waals surface area contributed by atoms with Gasteiger partial charge in [-0.2, -0.15) is 0 Å². The third kappa shape index (κ3) is 22.0. The third-order valence-electron chi connectivity index (χ3n) is 17.2. The average Bonchev–Trinajstić information content (AvgIpc) is 0.814. The molecular formula is C77H88Cl3N3O16. The Morgan fingerprint density at radius 3 is 1.92 bits per heavy atom. The lowest BCUT2D eigenvalue weighted by molar-refractivity contribution is -0.162. The number of benzene rings is 6. The molecule has 0 aliphatic carbocycles. The van der Waals surface area contributed by atoms with Gasteiger partial charge in [0.15, 0.2) is 34.6 Å². The van der Waals surface area contributed by atoms with Gasteiger partial charge in [0, 0.05) is 61.7 Å². The van der Waals surface area contributed by atoms with Crippen LogP contribution in [0.5, 0.6) is 34.5 Å². The molecule has 6 aromatic rings. The summed E-state index contributed by atoms with van der Waals surface area (Å²) in [6.45, 7) is 5.41. The van der Waals surface area contributed by atoms with E-state index in [0.717, 1.165) is 35.1 Å². The summed E-state index contributed by atoms with van der Waals surface area (Å²) in [5, 5.41) is 4.22. The molecule has 6 aromatic carbocycles. The molecule has 2 fully saturated rings. The fourth-order valence-corrected chi connectivity index (χ4v) is 12.4. The number of esters is 1. The van der Waals surface area contributed by atoms with E-state index in [-0.39, 0.29) is 101 Å². The Bertz CT molecular complexity index is 3710. The van der Waals surface area contributed by atoms with Gasteiger partial charge in [0.1, 0.15) is 30.5 Å². The average molecular weight is 1420 g/mol. The molecule has 0 aromatic heterocycles. The summed E-state index contributed by atoms with van der Waals surface area (Å²) in [5.41, 5.74) is 6.06. The van der Waals surface area contributed by atoms with Gasteiger partial charge in [-0.05, 0) is 158 Å². The quantitative estimate of drug-likeness (QED) is 0.0220. The number of Topliss-reactive ketones (excluding diaryl/α,β-unsaturated/α-hetero) is 2. The van der Waals surface area contributed by atoms with Crippen LogP contribution in [0.3, 0.4) is 0 Å². The first-order valence-corrected chi connectivity index (χ1v) is 34.4. The number of piperidine rings is 2. The normalized spacial score (nSPS) is 15.6. The number of hydrogen-bond donors (Lipinski definition) is 1. The van der Waals surface area contributed by atoms with Crippen LogP contribution in [0.4, 0.5) is 0 Å². The topological polar surface area (TPSA) is 213 Å². The van der Waals surface area contributed by atoms with Gasteiger partial charge in [0.2, 0.25) is 23.5 Å². The lowest BCUT2D eigenvalue weighted by atomic mass is 9.91. The van der Waals surface area contributed by atoms with Crippen LogP contribution in [-0.4, -0.2) is 159 Å². The first-order valence-electron chi connectivity index (χ1n) is 33.2. The van der Waals surface area contributed by atoms with Crippen molar-refractivity contribution in [2.75, 3.05) is 101 Å². The number of likely N-dealkylation sites (tertiary alicyclic amines) is 2. The van der Waals surface area contributed by atoms with Gasteiger partial charge in [-0.25, -0.2) is 4.79 Å². The highest BCUT2D eigenvalue weighted by atomic mass is 35.5. The smallest absolute Gasteiger partial charge is 0.329 e. The minimum Gasteiger partial charge on any atom is -0.493 e. The highest BCUT2D eigenvalue weighted by Crippen LogP contribution is 2.42. The van der Waals surface area contributed by atoms with Crippen molar-refractivity contribution in [2.45, 2.75) is 102 Å². The van der Waals surface area contributed by atoms with Crippen molar-refractivity contribution >= 4 is 82.2 Å². The SMILES string of the molecule is CC[C@H](C(=O)N1CCCC[C@H]1C(=O)OC(CCc1ccc(OC)c(OC)c1)c1cccc(OCC(=O)CCCOCCOCCOCCC(=O)N[C@@H](Cc2ccccc2)C(=O)N2C/C(=C\c3ccc(Cl)c(C)c3)C(=O)/C(=C/c3ccc(Cl)c(Cl)c3)C2)c1)c1cc(OC)c(OC)c(OC)c1. The predicted octanol–water partition coefficient (Wildman–Crippen LogP) is 13.3. The van der Waals surface area contributed by atoms with E-state index in [0.29, 0.717) is 123 Å². The van der Waals surface area contributed by atoms with E-state index >= 15 is 0 Å². The van der Waals surface area contributed by atoms with E-state index in [1.165, 1.54) is 21.3 Å². The number of amides is 3. The number of ether oxygens (including phenoxy) is 10. The maximum Gasteiger partial charge on any atom is 0.329 e. The number of carbonyl (C=O) groups excluding carboxylic acids is 6. The van der Waals surface area contributed by atoms with Gasteiger partial charge in [-0.3, -0.25) is 24.0 Å². The highest BCUT2D eigenvalue weighted by Gasteiger charge is 2.39. The maximum absolute atomic E-state index is 14.6. The third-order valence-corrected chi connectivity index (χ3v) is 18.4. The Hall–Kier alpha value is -8.43. The first kappa shape index (κ1) is 76.3. The van der Waals surface area contributed by atoms with Gasteiger partial charge in [0.05, 0.1) is 84.5 Å². The fraction of sp³-hybridized carbons (Fsp3) is 0.403. The van der Waals surface area contributed by atoms with Crippen LogP contribution in [-0.2, 0) is 60.6 Å². The number of ketones is 2. The second kappa shape index (κ2) is 38.8. The molecule has 0 bridgehead atoms. The van der Waals surface area contributed by atoms with Gasteiger partial charge in [0.25, 0.3) is 0 Å².